The predicted molar refractivity (Wildman–Crippen MR) is 115 cm³/mol. The van der Waals surface area contributed by atoms with Gasteiger partial charge in [-0.1, -0.05) is 24.3 Å². The van der Waals surface area contributed by atoms with E-state index in [1.807, 2.05) is 0 Å². The molecule has 0 unspecified atom stereocenters. The summed E-state index contributed by atoms with van der Waals surface area (Å²) >= 11 is 0. The van der Waals surface area contributed by atoms with Gasteiger partial charge in [0.1, 0.15) is 0 Å². The van der Waals surface area contributed by atoms with Gasteiger partial charge in [-0.25, -0.2) is 0 Å². The Morgan fingerprint density at radius 3 is 1.48 bits per heavy atom. The number of aromatic hydroxyl groups is 2. The summed E-state index contributed by atoms with van der Waals surface area (Å²) in [6, 6.07) is 9.34. The summed E-state index contributed by atoms with van der Waals surface area (Å²) in [7, 11) is 2.87. The molecule has 2 aromatic carbocycles. The lowest BCUT2D eigenvalue weighted by atomic mass is 10.1. The highest BCUT2D eigenvalue weighted by molar-refractivity contribution is 6.10. The van der Waals surface area contributed by atoms with Crippen molar-refractivity contribution in [3.05, 3.63) is 59.7 Å². The van der Waals surface area contributed by atoms with Crippen LogP contribution in [0.5, 0.6) is 23.0 Å². The maximum Gasteiger partial charge on any atom is 0.300 e. The molecular weight excluding hydrogens is 404 g/mol. The first-order chi connectivity index (χ1) is 14.7. The SMILES string of the molecule is CC(=O)O.COc1cc(C=CC(=O)CC(=O)C=Cc2ccc(O)c(OC)c2)ccc1O. The molecule has 164 valence electrons. The van der Waals surface area contributed by atoms with Crippen LogP contribution in [0.3, 0.4) is 0 Å². The van der Waals surface area contributed by atoms with Crippen molar-refractivity contribution >= 4 is 29.7 Å². The number of carbonyl (C=O) groups is 3. The number of allylic oxidation sites excluding steroid dienone is 2. The number of phenolic OH excluding ortho intramolecular Hbond substituents is 2. The topological polar surface area (TPSA) is 130 Å². The van der Waals surface area contributed by atoms with Gasteiger partial charge in [-0.05, 0) is 47.5 Å². The Kier molecular flexibility index (Phi) is 10.1. The second-order valence-electron chi connectivity index (χ2n) is 6.16. The first-order valence-corrected chi connectivity index (χ1v) is 9.01. The molecule has 0 radical (unpaired) electrons. The average molecular weight is 428 g/mol. The molecule has 0 amide bonds. The fraction of sp³-hybridized carbons (Fsp3) is 0.174. The number of aliphatic carboxylic acids is 1. The summed E-state index contributed by atoms with van der Waals surface area (Å²) in [5, 5.41) is 26.5. The monoisotopic (exact) mass is 428 g/mol. The summed E-state index contributed by atoms with van der Waals surface area (Å²) in [5.41, 5.74) is 1.33. The zero-order valence-electron chi connectivity index (χ0n) is 17.4. The summed E-state index contributed by atoms with van der Waals surface area (Å²) in [6.45, 7) is 1.08. The van der Waals surface area contributed by atoms with Crippen LogP contribution in [0.2, 0.25) is 0 Å². The molecule has 0 aliphatic rings. The van der Waals surface area contributed by atoms with Crippen LogP contribution in [0.4, 0.5) is 0 Å². The van der Waals surface area contributed by atoms with Gasteiger partial charge in [0.2, 0.25) is 0 Å². The maximum atomic E-state index is 11.9. The highest BCUT2D eigenvalue weighted by Crippen LogP contribution is 2.27. The fourth-order valence-corrected chi connectivity index (χ4v) is 2.26. The lowest BCUT2D eigenvalue weighted by Crippen LogP contribution is -2.01. The molecule has 31 heavy (non-hydrogen) atoms. The Morgan fingerprint density at radius 2 is 1.16 bits per heavy atom. The van der Waals surface area contributed by atoms with Crippen LogP contribution in [0, 0.1) is 0 Å². The summed E-state index contributed by atoms with van der Waals surface area (Å²) in [5.74, 6) is -0.917. The van der Waals surface area contributed by atoms with Gasteiger partial charge in [-0.3, -0.25) is 14.4 Å². The fourth-order valence-electron chi connectivity index (χ4n) is 2.26. The predicted octanol–water partition coefficient (Wildman–Crippen LogP) is 3.46. The summed E-state index contributed by atoms with van der Waals surface area (Å²) < 4.78 is 10.00. The molecular formula is C23H24O8. The molecule has 3 N–H and O–H groups in total. The molecule has 8 heteroatoms. The third-order valence-corrected chi connectivity index (χ3v) is 3.68. The van der Waals surface area contributed by atoms with E-state index in [9.17, 15) is 19.8 Å². The van der Waals surface area contributed by atoms with Gasteiger partial charge in [0.25, 0.3) is 5.97 Å². The molecule has 2 rings (SSSR count). The molecule has 2 aromatic rings. The van der Waals surface area contributed by atoms with E-state index in [0.717, 1.165) is 6.92 Å². The van der Waals surface area contributed by atoms with Crippen molar-refractivity contribution in [2.75, 3.05) is 14.2 Å². The number of ketones is 2. The number of methoxy groups -OCH3 is 2. The number of phenols is 2. The molecule has 8 nitrogen and oxygen atoms in total. The van der Waals surface area contributed by atoms with Crippen molar-refractivity contribution < 1.29 is 39.2 Å². The van der Waals surface area contributed by atoms with Crippen LogP contribution in [0.1, 0.15) is 24.5 Å². The first kappa shape index (κ1) is 25.0. The van der Waals surface area contributed by atoms with Crippen LogP contribution in [-0.2, 0) is 14.4 Å². The second kappa shape index (κ2) is 12.5. The molecule has 0 aliphatic carbocycles. The normalized spacial score (nSPS) is 10.4. The number of carbonyl (C=O) groups excluding carboxylic acids is 2. The molecule has 0 fully saturated rings. The van der Waals surface area contributed by atoms with E-state index in [4.69, 9.17) is 19.4 Å². The van der Waals surface area contributed by atoms with E-state index in [1.165, 1.54) is 38.5 Å². The highest BCUT2D eigenvalue weighted by atomic mass is 16.5. The quantitative estimate of drug-likeness (QED) is 0.430. The van der Waals surface area contributed by atoms with Gasteiger partial charge in [-0.2, -0.15) is 0 Å². The Morgan fingerprint density at radius 1 is 0.806 bits per heavy atom. The van der Waals surface area contributed by atoms with Crippen LogP contribution < -0.4 is 9.47 Å². The Labute approximate surface area is 179 Å². The first-order valence-electron chi connectivity index (χ1n) is 9.01. The number of carboxylic acids is 1. The van der Waals surface area contributed by atoms with Crippen LogP contribution in [0.25, 0.3) is 12.2 Å². The zero-order chi connectivity index (χ0) is 23.4. The zero-order valence-corrected chi connectivity index (χ0v) is 17.4. The van der Waals surface area contributed by atoms with E-state index in [-0.39, 0.29) is 29.5 Å². The summed E-state index contributed by atoms with van der Waals surface area (Å²) in [4.78, 5) is 32.9. The van der Waals surface area contributed by atoms with Gasteiger partial charge in [-0.15, -0.1) is 0 Å². The number of carboxylic acid groups (broad SMARTS) is 1. The second-order valence-corrected chi connectivity index (χ2v) is 6.16. The van der Waals surface area contributed by atoms with Crippen LogP contribution in [-0.4, -0.2) is 47.1 Å². The maximum absolute atomic E-state index is 11.9. The van der Waals surface area contributed by atoms with Crippen LogP contribution >= 0.6 is 0 Å². The van der Waals surface area contributed by atoms with Gasteiger partial charge in [0.05, 0.1) is 20.6 Å². The largest absolute Gasteiger partial charge is 0.504 e. The van der Waals surface area contributed by atoms with Crippen LogP contribution in [0.15, 0.2) is 48.6 Å². The van der Waals surface area contributed by atoms with E-state index in [0.29, 0.717) is 22.6 Å². The van der Waals surface area contributed by atoms with Crippen molar-refractivity contribution in [2.24, 2.45) is 0 Å². The minimum atomic E-state index is -0.833. The van der Waals surface area contributed by atoms with Crippen molar-refractivity contribution in [3.63, 3.8) is 0 Å². The number of hydrogen-bond donors (Lipinski definition) is 3. The molecule has 0 heterocycles. The number of ether oxygens (including phenoxy) is 2. The van der Waals surface area contributed by atoms with Gasteiger partial charge < -0.3 is 24.8 Å². The minimum Gasteiger partial charge on any atom is -0.504 e. The standard InChI is InChI=1S/C21H20O6.C2H4O2/c1-26-20-11-14(5-9-18(20)24)3-7-16(22)13-17(23)8-4-15-6-10-19(25)21(12-15)27-2;1-2(3)4/h3-12,24-25H,13H2,1-2H3;1H3,(H,3,4). The molecule has 0 aliphatic heterocycles. The van der Waals surface area contributed by atoms with Gasteiger partial charge in [0, 0.05) is 6.92 Å². The summed E-state index contributed by atoms with van der Waals surface area (Å²) in [6.07, 6.45) is 5.44. The van der Waals surface area contributed by atoms with Gasteiger partial charge >= 0.3 is 0 Å². The molecule has 0 aromatic heterocycles. The molecule has 0 spiro atoms. The van der Waals surface area contributed by atoms with Gasteiger partial charge in [0.15, 0.2) is 34.6 Å². The van der Waals surface area contributed by atoms with Crippen molar-refractivity contribution in [2.45, 2.75) is 13.3 Å². The lowest BCUT2D eigenvalue weighted by Gasteiger charge is -2.03. The Bertz CT molecular complexity index is 912. The Hall–Kier alpha value is -4.07. The number of benzene rings is 2. The highest BCUT2D eigenvalue weighted by Gasteiger charge is 2.06. The van der Waals surface area contributed by atoms with Crippen molar-refractivity contribution in [3.8, 4) is 23.0 Å². The number of rotatable bonds is 8. The average Bonchev–Trinajstić information content (AvgIpc) is 2.72. The lowest BCUT2D eigenvalue weighted by molar-refractivity contribution is -0.134. The molecule has 0 saturated heterocycles. The third-order valence-electron chi connectivity index (χ3n) is 3.68. The minimum absolute atomic E-state index is 0.00662. The molecule has 0 bridgehead atoms. The smallest absolute Gasteiger partial charge is 0.300 e. The van der Waals surface area contributed by atoms with E-state index < -0.39 is 5.97 Å². The van der Waals surface area contributed by atoms with Crippen molar-refractivity contribution in [1.82, 2.24) is 0 Å². The molecule has 0 saturated carbocycles. The van der Waals surface area contributed by atoms with E-state index in [1.54, 1.807) is 36.4 Å². The van der Waals surface area contributed by atoms with Crippen molar-refractivity contribution in [1.29, 1.82) is 0 Å². The third kappa shape index (κ3) is 9.31. The van der Waals surface area contributed by atoms with E-state index >= 15 is 0 Å². The molecule has 0 atom stereocenters. The number of hydrogen-bond acceptors (Lipinski definition) is 7. The Balaban J connectivity index is 0.00000110. The van der Waals surface area contributed by atoms with E-state index in [2.05, 4.69) is 0 Å².